The van der Waals surface area contributed by atoms with Crippen molar-refractivity contribution >= 4 is 28.9 Å². The predicted octanol–water partition coefficient (Wildman–Crippen LogP) is 5.65. The summed E-state index contributed by atoms with van der Waals surface area (Å²) in [5, 5.41) is 7.97. The summed E-state index contributed by atoms with van der Waals surface area (Å²) in [5.74, 6) is 1.96. The molecule has 0 saturated heterocycles. The van der Waals surface area contributed by atoms with Gasteiger partial charge in [0.2, 0.25) is 6.23 Å². The number of hydrogen-bond acceptors (Lipinski definition) is 6. The van der Waals surface area contributed by atoms with Gasteiger partial charge in [-0.15, -0.1) is 0 Å². The van der Waals surface area contributed by atoms with Crippen LogP contribution in [-0.4, -0.2) is 29.9 Å². The number of hydrazone groups is 1. The van der Waals surface area contributed by atoms with Crippen LogP contribution in [0.4, 0.5) is 0 Å². The van der Waals surface area contributed by atoms with Gasteiger partial charge in [-0.2, -0.15) is 5.10 Å². The number of rotatable bonds is 4. The van der Waals surface area contributed by atoms with Gasteiger partial charge in [-0.1, -0.05) is 23.2 Å². The Morgan fingerprint density at radius 3 is 2.52 bits per heavy atom. The highest BCUT2D eigenvalue weighted by Crippen LogP contribution is 2.50. The van der Waals surface area contributed by atoms with Crippen LogP contribution in [0.15, 0.2) is 60.0 Å². The van der Waals surface area contributed by atoms with Gasteiger partial charge in [-0.3, -0.25) is 4.98 Å². The molecule has 8 heteroatoms. The van der Waals surface area contributed by atoms with E-state index in [-0.39, 0.29) is 6.04 Å². The van der Waals surface area contributed by atoms with E-state index >= 15 is 0 Å². The summed E-state index contributed by atoms with van der Waals surface area (Å²) in [7, 11) is 3.24. The number of benzene rings is 2. The summed E-state index contributed by atoms with van der Waals surface area (Å²) in [6.45, 7) is 0. The number of methoxy groups -OCH3 is 2. The van der Waals surface area contributed by atoms with Crippen molar-refractivity contribution in [1.82, 2.24) is 9.99 Å². The van der Waals surface area contributed by atoms with Crippen molar-refractivity contribution in [3.63, 3.8) is 0 Å². The topological polar surface area (TPSA) is 56.2 Å². The zero-order valence-corrected chi connectivity index (χ0v) is 18.4. The number of pyridine rings is 1. The Morgan fingerprint density at radius 1 is 1.00 bits per heavy atom. The maximum Gasteiger partial charge on any atom is 0.214 e. The minimum atomic E-state index is -0.434. The highest BCUT2D eigenvalue weighted by atomic mass is 35.5. The molecule has 2 atom stereocenters. The molecule has 0 spiro atoms. The lowest BCUT2D eigenvalue weighted by molar-refractivity contribution is -0.0189. The second kappa shape index (κ2) is 7.94. The van der Waals surface area contributed by atoms with E-state index in [9.17, 15) is 0 Å². The zero-order chi connectivity index (χ0) is 21.5. The summed E-state index contributed by atoms with van der Waals surface area (Å²) >= 11 is 12.8. The van der Waals surface area contributed by atoms with Gasteiger partial charge in [-0.05, 0) is 42.5 Å². The molecule has 5 rings (SSSR count). The number of ether oxygens (including phenoxy) is 3. The lowest BCUT2D eigenvalue weighted by Crippen LogP contribution is -2.33. The molecule has 0 N–H and O–H groups in total. The molecule has 0 radical (unpaired) electrons. The molecule has 3 aromatic rings. The first kappa shape index (κ1) is 20.0. The molecule has 3 heterocycles. The molecule has 1 aromatic heterocycles. The molecule has 6 nitrogen and oxygen atoms in total. The van der Waals surface area contributed by atoms with Gasteiger partial charge >= 0.3 is 0 Å². The lowest BCUT2D eigenvalue weighted by atomic mass is 9.95. The number of fused-ring (bicyclic) bond motifs is 3. The predicted molar refractivity (Wildman–Crippen MR) is 119 cm³/mol. The normalized spacial score (nSPS) is 19.2. The lowest BCUT2D eigenvalue weighted by Gasteiger charge is -2.38. The van der Waals surface area contributed by atoms with Crippen LogP contribution in [0.3, 0.4) is 0 Å². The monoisotopic (exact) mass is 455 g/mol. The summed E-state index contributed by atoms with van der Waals surface area (Å²) in [5.41, 5.74) is 3.73. The van der Waals surface area contributed by atoms with Crippen molar-refractivity contribution < 1.29 is 14.2 Å². The maximum atomic E-state index is 6.51. The summed E-state index contributed by atoms with van der Waals surface area (Å²) in [6.07, 6.45) is 3.71. The third-order valence-electron chi connectivity index (χ3n) is 5.52. The Morgan fingerprint density at radius 2 is 1.77 bits per heavy atom. The van der Waals surface area contributed by atoms with Crippen LogP contribution in [0.2, 0.25) is 10.0 Å². The van der Waals surface area contributed by atoms with Gasteiger partial charge < -0.3 is 14.2 Å². The smallest absolute Gasteiger partial charge is 0.214 e. The fourth-order valence-electron chi connectivity index (χ4n) is 4.05. The standard InChI is InChI=1S/C23H19Cl2N3O3/c1-29-20-4-3-14(9-21(20)30-2)18-12-19-16-10-15(24)11-17(25)22(16)31-23(28(19)27-18)13-5-7-26-8-6-13/h3-11,19,23H,12H2,1-2H3/t19-,23+/m1/s1. The first-order valence-electron chi connectivity index (χ1n) is 9.72. The number of hydrogen-bond donors (Lipinski definition) is 0. The molecule has 0 saturated carbocycles. The minimum absolute atomic E-state index is 0.0683. The fraction of sp³-hybridized carbons (Fsp3) is 0.217. The molecule has 2 aliphatic rings. The molecule has 31 heavy (non-hydrogen) atoms. The van der Waals surface area contributed by atoms with Crippen molar-refractivity contribution in [2.75, 3.05) is 14.2 Å². The van der Waals surface area contributed by atoms with Crippen molar-refractivity contribution in [1.29, 1.82) is 0 Å². The van der Waals surface area contributed by atoms with Crippen LogP contribution >= 0.6 is 23.2 Å². The average molecular weight is 456 g/mol. The SMILES string of the molecule is COc1ccc(C2=NN3[C@H](C2)c2cc(Cl)cc(Cl)c2O[C@H]3c2ccncc2)cc1OC. The van der Waals surface area contributed by atoms with Crippen LogP contribution in [0.1, 0.15) is 35.4 Å². The largest absolute Gasteiger partial charge is 0.493 e. The Bertz CT molecular complexity index is 1170. The third-order valence-corrected chi connectivity index (χ3v) is 6.02. The molecule has 0 unspecified atom stereocenters. The van der Waals surface area contributed by atoms with Crippen molar-refractivity contribution in [3.05, 3.63) is 81.6 Å². The number of halogens is 2. The van der Waals surface area contributed by atoms with Crippen LogP contribution in [0, 0.1) is 0 Å². The number of nitrogens with zero attached hydrogens (tertiary/aromatic N) is 3. The van der Waals surface area contributed by atoms with E-state index in [0.717, 1.165) is 22.4 Å². The Hall–Kier alpha value is -2.96. The van der Waals surface area contributed by atoms with E-state index in [2.05, 4.69) is 4.98 Å². The van der Waals surface area contributed by atoms with Gasteiger partial charge in [0, 0.05) is 40.5 Å². The minimum Gasteiger partial charge on any atom is -0.493 e. The molecular weight excluding hydrogens is 437 g/mol. The van der Waals surface area contributed by atoms with E-state index in [1.807, 2.05) is 41.4 Å². The molecule has 158 valence electrons. The average Bonchev–Trinajstić information content (AvgIpc) is 3.24. The molecule has 2 aliphatic heterocycles. The number of aromatic nitrogens is 1. The van der Waals surface area contributed by atoms with Crippen molar-refractivity contribution in [2.24, 2.45) is 5.10 Å². The van der Waals surface area contributed by atoms with Crippen molar-refractivity contribution in [2.45, 2.75) is 18.7 Å². The van der Waals surface area contributed by atoms with E-state index < -0.39 is 6.23 Å². The van der Waals surface area contributed by atoms with Gasteiger partial charge in [0.1, 0.15) is 5.75 Å². The quantitative estimate of drug-likeness (QED) is 0.508. The van der Waals surface area contributed by atoms with Gasteiger partial charge in [0.15, 0.2) is 11.5 Å². The van der Waals surface area contributed by atoms with Crippen LogP contribution in [-0.2, 0) is 0 Å². The van der Waals surface area contributed by atoms with E-state index in [0.29, 0.717) is 33.7 Å². The Balaban J connectivity index is 1.61. The van der Waals surface area contributed by atoms with Gasteiger partial charge in [0.25, 0.3) is 0 Å². The Labute approximate surface area is 190 Å². The molecule has 2 aromatic carbocycles. The van der Waals surface area contributed by atoms with E-state index in [1.165, 1.54) is 0 Å². The van der Waals surface area contributed by atoms with E-state index in [1.54, 1.807) is 32.7 Å². The highest BCUT2D eigenvalue weighted by molar-refractivity contribution is 6.35. The second-order valence-corrected chi connectivity index (χ2v) is 8.12. The zero-order valence-electron chi connectivity index (χ0n) is 16.9. The van der Waals surface area contributed by atoms with Crippen LogP contribution < -0.4 is 14.2 Å². The van der Waals surface area contributed by atoms with E-state index in [4.69, 9.17) is 42.5 Å². The Kier molecular flexibility index (Phi) is 5.12. The third kappa shape index (κ3) is 3.46. The fourth-order valence-corrected chi connectivity index (χ4v) is 4.61. The molecule has 0 fully saturated rings. The summed E-state index contributed by atoms with van der Waals surface area (Å²) in [6, 6.07) is 13.2. The van der Waals surface area contributed by atoms with Crippen LogP contribution in [0.5, 0.6) is 17.2 Å². The van der Waals surface area contributed by atoms with Crippen LogP contribution in [0.25, 0.3) is 0 Å². The first-order valence-corrected chi connectivity index (χ1v) is 10.5. The summed E-state index contributed by atoms with van der Waals surface area (Å²) in [4.78, 5) is 4.12. The van der Waals surface area contributed by atoms with Gasteiger partial charge in [0.05, 0.1) is 31.0 Å². The maximum absolute atomic E-state index is 6.51. The van der Waals surface area contributed by atoms with Crippen molar-refractivity contribution in [3.8, 4) is 17.2 Å². The molecule has 0 bridgehead atoms. The highest BCUT2D eigenvalue weighted by Gasteiger charge is 2.42. The molecule has 0 amide bonds. The molecule has 0 aliphatic carbocycles. The summed E-state index contributed by atoms with van der Waals surface area (Å²) < 4.78 is 17.2. The second-order valence-electron chi connectivity index (χ2n) is 7.27. The van der Waals surface area contributed by atoms with Gasteiger partial charge in [-0.25, -0.2) is 5.01 Å². The first-order chi connectivity index (χ1) is 15.1. The molecular formula is C23H19Cl2N3O3.